The Morgan fingerprint density at radius 1 is 1.21 bits per heavy atom. The van der Waals surface area contributed by atoms with Crippen LogP contribution in [-0.4, -0.2) is 22.2 Å². The number of alkyl halides is 3. The maximum absolute atomic E-state index is 13.5. The van der Waals surface area contributed by atoms with Gasteiger partial charge in [0.15, 0.2) is 5.69 Å². The fourth-order valence-electron chi connectivity index (χ4n) is 3.09. The number of nitrogens with zero attached hydrogens (tertiary/aromatic N) is 3. The fraction of sp³-hybridized carbons (Fsp3) is 0.353. The van der Waals surface area contributed by atoms with Crippen molar-refractivity contribution in [3.8, 4) is 0 Å². The summed E-state index contributed by atoms with van der Waals surface area (Å²) in [4.78, 5) is 14.4. The number of aromatic nitrogens is 2. The van der Waals surface area contributed by atoms with Crippen molar-refractivity contribution in [1.82, 2.24) is 9.78 Å². The lowest BCUT2D eigenvalue weighted by molar-refractivity contribution is -0.141. The molecule has 1 aliphatic rings. The van der Waals surface area contributed by atoms with Crippen molar-refractivity contribution in [2.45, 2.75) is 37.9 Å². The van der Waals surface area contributed by atoms with Gasteiger partial charge >= 0.3 is 6.18 Å². The van der Waals surface area contributed by atoms with Crippen molar-refractivity contribution in [3.05, 3.63) is 40.8 Å². The molecule has 0 unspecified atom stereocenters. The van der Waals surface area contributed by atoms with Crippen LogP contribution in [0.3, 0.4) is 0 Å². The standard InChI is InChI=1S/C17H16ClF4N5O/c18-10-5-11(19)7-12(6-10)24-16(23-9-28)25-15-8-14(17(20,21)22)26-27(15)13-3-1-2-4-13/h5-9,13H,1-4H2,(H2,23,24,25,28). The first-order valence-electron chi connectivity index (χ1n) is 8.44. The molecule has 1 aromatic heterocycles. The van der Waals surface area contributed by atoms with Gasteiger partial charge in [0.1, 0.15) is 11.6 Å². The first kappa shape index (κ1) is 20.1. The summed E-state index contributed by atoms with van der Waals surface area (Å²) in [5, 5.41) is 9.07. The largest absolute Gasteiger partial charge is 0.435 e. The SMILES string of the molecule is O=C/N=C(/Nc1cc(F)cc(Cl)c1)Nc1cc(C(F)(F)F)nn1C1CCCC1. The Morgan fingerprint density at radius 3 is 2.54 bits per heavy atom. The minimum atomic E-state index is -4.62. The van der Waals surface area contributed by atoms with Crippen LogP contribution >= 0.6 is 11.6 Å². The normalized spacial score (nSPS) is 15.7. The number of guanidine groups is 1. The second kappa shape index (κ2) is 8.17. The van der Waals surface area contributed by atoms with Gasteiger partial charge in [0, 0.05) is 16.8 Å². The van der Waals surface area contributed by atoms with Gasteiger partial charge in [-0.1, -0.05) is 24.4 Å². The Hall–Kier alpha value is -2.62. The molecule has 0 spiro atoms. The van der Waals surface area contributed by atoms with Gasteiger partial charge in [-0.2, -0.15) is 23.3 Å². The lowest BCUT2D eigenvalue weighted by Crippen LogP contribution is -2.25. The Kier molecular flexibility index (Phi) is 5.87. The van der Waals surface area contributed by atoms with Crippen LogP contribution in [0, 0.1) is 5.82 Å². The molecule has 3 rings (SSSR count). The average Bonchev–Trinajstić information content (AvgIpc) is 3.22. The highest BCUT2D eigenvalue weighted by atomic mass is 35.5. The van der Waals surface area contributed by atoms with Crippen LogP contribution in [0.5, 0.6) is 0 Å². The van der Waals surface area contributed by atoms with Gasteiger partial charge in [0.2, 0.25) is 12.4 Å². The van der Waals surface area contributed by atoms with E-state index in [0.29, 0.717) is 12.8 Å². The average molecular weight is 418 g/mol. The predicted octanol–water partition coefficient (Wildman–Crippen LogP) is 4.85. The van der Waals surface area contributed by atoms with E-state index in [2.05, 4.69) is 20.7 Å². The molecule has 0 saturated heterocycles. The highest BCUT2D eigenvalue weighted by Gasteiger charge is 2.36. The van der Waals surface area contributed by atoms with Gasteiger partial charge < -0.3 is 10.6 Å². The molecule has 2 N–H and O–H groups in total. The van der Waals surface area contributed by atoms with Crippen molar-refractivity contribution in [3.63, 3.8) is 0 Å². The van der Waals surface area contributed by atoms with Crippen LogP contribution in [-0.2, 0) is 11.0 Å². The molecular weight excluding hydrogens is 402 g/mol. The van der Waals surface area contributed by atoms with Gasteiger partial charge in [-0.25, -0.2) is 9.07 Å². The molecule has 1 amide bonds. The smallest absolute Gasteiger partial charge is 0.326 e. The number of benzene rings is 1. The Morgan fingerprint density at radius 2 is 1.93 bits per heavy atom. The third-order valence-corrected chi connectivity index (χ3v) is 4.47. The van der Waals surface area contributed by atoms with Crippen LogP contribution in [0.15, 0.2) is 29.3 Å². The van der Waals surface area contributed by atoms with Gasteiger partial charge in [-0.05, 0) is 31.0 Å². The van der Waals surface area contributed by atoms with Crippen LogP contribution in [0.25, 0.3) is 0 Å². The summed E-state index contributed by atoms with van der Waals surface area (Å²) in [5.41, 5.74) is -0.887. The first-order chi connectivity index (χ1) is 13.3. The van der Waals surface area contributed by atoms with E-state index >= 15 is 0 Å². The summed E-state index contributed by atoms with van der Waals surface area (Å²) in [6.07, 6.45) is -1.24. The predicted molar refractivity (Wildman–Crippen MR) is 96.9 cm³/mol. The number of hydrogen-bond donors (Lipinski definition) is 2. The molecule has 1 aliphatic carbocycles. The molecule has 1 heterocycles. The van der Waals surface area contributed by atoms with Gasteiger partial charge in [-0.15, -0.1) is 0 Å². The lowest BCUT2D eigenvalue weighted by atomic mass is 10.2. The summed E-state index contributed by atoms with van der Waals surface area (Å²) in [5.74, 6) is -0.796. The van der Waals surface area contributed by atoms with Gasteiger partial charge in [0.05, 0.1) is 6.04 Å². The molecular formula is C17H16ClF4N5O. The molecule has 0 radical (unpaired) electrons. The number of amides is 1. The quantitative estimate of drug-likeness (QED) is 0.323. The van der Waals surface area contributed by atoms with E-state index in [1.165, 1.54) is 10.7 Å². The minimum absolute atomic E-state index is 0.0230. The van der Waals surface area contributed by atoms with Crippen LogP contribution in [0.1, 0.15) is 37.4 Å². The molecule has 1 aromatic carbocycles. The Balaban J connectivity index is 1.90. The Bertz CT molecular complexity index is 870. The summed E-state index contributed by atoms with van der Waals surface area (Å²) in [6.45, 7) is 0. The molecule has 6 nitrogen and oxygen atoms in total. The van der Waals surface area contributed by atoms with E-state index in [0.717, 1.165) is 31.0 Å². The second-order valence-electron chi connectivity index (χ2n) is 6.29. The minimum Gasteiger partial charge on any atom is -0.326 e. The summed E-state index contributed by atoms with van der Waals surface area (Å²) >= 11 is 5.79. The number of halogens is 5. The zero-order chi connectivity index (χ0) is 20.3. The number of rotatable bonds is 4. The molecule has 28 heavy (non-hydrogen) atoms. The fourth-order valence-corrected chi connectivity index (χ4v) is 3.31. The van der Waals surface area contributed by atoms with E-state index in [-0.39, 0.29) is 34.9 Å². The van der Waals surface area contributed by atoms with Crippen LogP contribution in [0.4, 0.5) is 29.1 Å². The first-order valence-corrected chi connectivity index (χ1v) is 8.82. The van der Waals surface area contributed by atoms with E-state index in [1.54, 1.807) is 0 Å². The summed E-state index contributed by atoms with van der Waals surface area (Å²) in [7, 11) is 0. The third kappa shape index (κ3) is 4.80. The van der Waals surface area contributed by atoms with Crippen molar-refractivity contribution in [1.29, 1.82) is 0 Å². The molecule has 150 valence electrons. The highest BCUT2D eigenvalue weighted by Crippen LogP contribution is 2.36. The van der Waals surface area contributed by atoms with E-state index < -0.39 is 17.7 Å². The summed E-state index contributed by atoms with van der Waals surface area (Å²) < 4.78 is 54.1. The van der Waals surface area contributed by atoms with Gasteiger partial charge in [0.25, 0.3) is 0 Å². The maximum atomic E-state index is 13.5. The molecule has 2 aromatic rings. The van der Waals surface area contributed by atoms with Crippen molar-refractivity contribution >= 4 is 35.5 Å². The van der Waals surface area contributed by atoms with E-state index in [1.807, 2.05) is 0 Å². The number of nitrogens with one attached hydrogen (secondary N) is 2. The topological polar surface area (TPSA) is 71.3 Å². The number of aliphatic imine (C=N–C) groups is 1. The monoisotopic (exact) mass is 417 g/mol. The highest BCUT2D eigenvalue weighted by molar-refractivity contribution is 6.31. The molecule has 0 bridgehead atoms. The van der Waals surface area contributed by atoms with Crippen LogP contribution < -0.4 is 10.6 Å². The van der Waals surface area contributed by atoms with Crippen molar-refractivity contribution in [2.24, 2.45) is 4.99 Å². The zero-order valence-electron chi connectivity index (χ0n) is 14.4. The van der Waals surface area contributed by atoms with Crippen LogP contribution in [0.2, 0.25) is 5.02 Å². The molecule has 1 saturated carbocycles. The van der Waals surface area contributed by atoms with E-state index in [4.69, 9.17) is 11.6 Å². The zero-order valence-corrected chi connectivity index (χ0v) is 15.2. The molecule has 0 aliphatic heterocycles. The second-order valence-corrected chi connectivity index (χ2v) is 6.72. The lowest BCUT2D eigenvalue weighted by Gasteiger charge is -2.17. The number of anilines is 2. The number of carbonyl (C=O) groups excluding carboxylic acids is 1. The Labute approximate surface area is 162 Å². The summed E-state index contributed by atoms with van der Waals surface area (Å²) in [6, 6.07) is 4.21. The maximum Gasteiger partial charge on any atom is 0.435 e. The number of hydrogen-bond acceptors (Lipinski definition) is 2. The van der Waals surface area contributed by atoms with Gasteiger partial charge in [-0.3, -0.25) is 4.79 Å². The van der Waals surface area contributed by atoms with Crippen molar-refractivity contribution < 1.29 is 22.4 Å². The van der Waals surface area contributed by atoms with Crippen molar-refractivity contribution in [2.75, 3.05) is 10.6 Å². The molecule has 1 fully saturated rings. The third-order valence-electron chi connectivity index (χ3n) is 4.25. The van der Waals surface area contributed by atoms with E-state index in [9.17, 15) is 22.4 Å². The molecule has 0 atom stereocenters. The number of carbonyl (C=O) groups is 1. The molecule has 11 heteroatoms.